The average Bonchev–Trinajstić information content (AvgIpc) is 3.51. The van der Waals surface area contributed by atoms with E-state index in [4.69, 9.17) is 5.84 Å². The summed E-state index contributed by atoms with van der Waals surface area (Å²) in [6.45, 7) is 7.74. The SMILES string of the molecule is Cc1cc(C)n(-c2nnc(SCC(=O)Nc3c(C#N)c(C)c(C)n3C3CCCC3)n2N)n1. The number of nitrogens with one attached hydrogen (secondary N) is 1. The number of nitrogens with zero attached hydrogens (tertiary/aromatic N) is 7. The lowest BCUT2D eigenvalue weighted by atomic mass is 10.2. The summed E-state index contributed by atoms with van der Waals surface area (Å²) in [5.41, 5.74) is 4.22. The minimum absolute atomic E-state index is 0.0886. The highest BCUT2D eigenvalue weighted by Crippen LogP contribution is 2.37. The number of aromatic nitrogens is 6. The van der Waals surface area contributed by atoms with Crippen molar-refractivity contribution in [1.29, 1.82) is 5.26 Å². The van der Waals surface area contributed by atoms with Crippen LogP contribution in [-0.2, 0) is 4.79 Å². The molecular formula is C21H27N9OS. The van der Waals surface area contributed by atoms with Gasteiger partial charge in [0.1, 0.15) is 11.9 Å². The highest BCUT2D eigenvalue weighted by atomic mass is 32.2. The molecule has 0 aliphatic heterocycles. The number of rotatable bonds is 6. The number of carbonyl (C=O) groups is 1. The Morgan fingerprint density at radius 2 is 2.00 bits per heavy atom. The number of nitrogens with two attached hydrogens (primary N) is 1. The third-order valence-corrected chi connectivity index (χ3v) is 6.94. The summed E-state index contributed by atoms with van der Waals surface area (Å²) in [6.07, 6.45) is 4.44. The molecule has 1 fully saturated rings. The number of hydrogen-bond donors (Lipinski definition) is 2. The third-order valence-electron chi connectivity index (χ3n) is 5.99. The van der Waals surface area contributed by atoms with Crippen LogP contribution < -0.4 is 11.2 Å². The molecule has 3 aromatic rings. The first-order chi connectivity index (χ1) is 15.3. The summed E-state index contributed by atoms with van der Waals surface area (Å²) in [4.78, 5) is 12.8. The van der Waals surface area contributed by atoms with E-state index in [9.17, 15) is 10.1 Å². The smallest absolute Gasteiger partial charge is 0.271 e. The van der Waals surface area contributed by atoms with E-state index in [1.165, 1.54) is 16.4 Å². The largest absolute Gasteiger partial charge is 0.334 e. The minimum atomic E-state index is -0.223. The fraction of sp³-hybridized carbons (Fsp3) is 0.476. The van der Waals surface area contributed by atoms with Gasteiger partial charge in [0.15, 0.2) is 0 Å². The van der Waals surface area contributed by atoms with Crippen LogP contribution in [0.4, 0.5) is 5.82 Å². The predicted octanol–water partition coefficient (Wildman–Crippen LogP) is 2.93. The Labute approximate surface area is 190 Å². The highest BCUT2D eigenvalue weighted by molar-refractivity contribution is 7.99. The molecule has 0 bridgehead atoms. The zero-order valence-corrected chi connectivity index (χ0v) is 19.5. The number of thioether (sulfide) groups is 1. The van der Waals surface area contributed by atoms with Crippen molar-refractivity contribution < 1.29 is 4.79 Å². The first-order valence-electron chi connectivity index (χ1n) is 10.6. The molecular weight excluding hydrogens is 426 g/mol. The molecule has 3 N–H and O–H groups in total. The van der Waals surface area contributed by atoms with Crippen molar-refractivity contribution in [1.82, 2.24) is 29.2 Å². The summed E-state index contributed by atoms with van der Waals surface area (Å²) >= 11 is 1.18. The van der Waals surface area contributed by atoms with E-state index in [2.05, 4.69) is 31.2 Å². The molecule has 0 unspecified atom stereocenters. The number of anilines is 1. The molecule has 3 aromatic heterocycles. The molecule has 4 rings (SSSR count). The molecule has 0 saturated heterocycles. The lowest BCUT2D eigenvalue weighted by Crippen LogP contribution is -2.21. The summed E-state index contributed by atoms with van der Waals surface area (Å²) in [5, 5.41) is 25.7. The molecule has 1 aliphatic rings. The quantitative estimate of drug-likeness (QED) is 0.433. The summed E-state index contributed by atoms with van der Waals surface area (Å²) in [5.74, 6) is 7.00. The van der Waals surface area contributed by atoms with Gasteiger partial charge < -0.3 is 15.7 Å². The molecule has 3 heterocycles. The Hall–Kier alpha value is -3.26. The predicted molar refractivity (Wildman–Crippen MR) is 122 cm³/mol. The molecule has 168 valence electrons. The zero-order chi connectivity index (χ0) is 23.0. The van der Waals surface area contributed by atoms with E-state index in [-0.39, 0.29) is 11.7 Å². The molecule has 32 heavy (non-hydrogen) atoms. The van der Waals surface area contributed by atoms with Gasteiger partial charge in [0.25, 0.3) is 5.95 Å². The van der Waals surface area contributed by atoms with Crippen LogP contribution in [0, 0.1) is 39.0 Å². The molecule has 10 nitrogen and oxygen atoms in total. The van der Waals surface area contributed by atoms with Gasteiger partial charge >= 0.3 is 0 Å². The number of nitrogen functional groups attached to an aromatic ring is 1. The van der Waals surface area contributed by atoms with Gasteiger partial charge in [0.2, 0.25) is 11.1 Å². The standard InChI is InChI=1S/C21H27N9OS/c1-12-9-13(2)30(27-12)20-25-26-21(29(20)23)32-11-18(31)24-19-17(10-22)14(3)15(4)28(19)16-7-5-6-8-16/h9,16H,5-8,11,23H2,1-4H3,(H,24,31). The number of nitriles is 1. The second-order valence-electron chi connectivity index (χ2n) is 8.18. The van der Waals surface area contributed by atoms with Crippen LogP contribution in [-0.4, -0.2) is 40.9 Å². The lowest BCUT2D eigenvalue weighted by molar-refractivity contribution is -0.113. The first kappa shape index (κ1) is 22.0. The number of hydrogen-bond acceptors (Lipinski definition) is 7. The Kier molecular flexibility index (Phi) is 5.97. The molecule has 1 amide bonds. The number of carbonyl (C=O) groups excluding carboxylic acids is 1. The molecule has 1 aliphatic carbocycles. The third kappa shape index (κ3) is 3.86. The Morgan fingerprint density at radius 3 is 2.62 bits per heavy atom. The molecule has 0 aromatic carbocycles. The van der Waals surface area contributed by atoms with Gasteiger partial charge in [0.05, 0.1) is 17.0 Å². The van der Waals surface area contributed by atoms with Gasteiger partial charge in [-0.25, -0.2) is 9.36 Å². The van der Waals surface area contributed by atoms with Crippen molar-refractivity contribution >= 4 is 23.5 Å². The molecule has 0 spiro atoms. The monoisotopic (exact) mass is 453 g/mol. The van der Waals surface area contributed by atoms with Gasteiger partial charge in [-0.15, -0.1) is 10.2 Å². The van der Waals surface area contributed by atoms with E-state index in [1.807, 2.05) is 33.8 Å². The maximum absolute atomic E-state index is 12.8. The molecule has 0 radical (unpaired) electrons. The van der Waals surface area contributed by atoms with E-state index in [0.717, 1.165) is 48.3 Å². The van der Waals surface area contributed by atoms with Gasteiger partial charge in [-0.1, -0.05) is 24.6 Å². The summed E-state index contributed by atoms with van der Waals surface area (Å²) in [6, 6.07) is 4.50. The molecule has 0 atom stereocenters. The van der Waals surface area contributed by atoms with E-state index >= 15 is 0 Å². The normalized spacial score (nSPS) is 14.1. The first-order valence-corrected chi connectivity index (χ1v) is 11.6. The highest BCUT2D eigenvalue weighted by Gasteiger charge is 2.27. The van der Waals surface area contributed by atoms with Crippen molar-refractivity contribution in [3.63, 3.8) is 0 Å². The Balaban J connectivity index is 1.50. The van der Waals surface area contributed by atoms with Crippen LogP contribution in [0.5, 0.6) is 0 Å². The van der Waals surface area contributed by atoms with Gasteiger partial charge in [-0.3, -0.25) is 4.79 Å². The van der Waals surface area contributed by atoms with Crippen molar-refractivity contribution in [3.8, 4) is 12.0 Å². The fourth-order valence-electron chi connectivity index (χ4n) is 4.35. The number of amides is 1. The number of aryl methyl sites for hydroxylation is 2. The molecule has 1 saturated carbocycles. The van der Waals surface area contributed by atoms with E-state index < -0.39 is 0 Å². The van der Waals surface area contributed by atoms with Crippen LogP contribution in [0.25, 0.3) is 5.95 Å². The Morgan fingerprint density at radius 1 is 1.28 bits per heavy atom. The molecule has 11 heteroatoms. The lowest BCUT2D eigenvalue weighted by Gasteiger charge is -2.19. The van der Waals surface area contributed by atoms with Gasteiger partial charge in [-0.05, 0) is 52.2 Å². The summed E-state index contributed by atoms with van der Waals surface area (Å²) < 4.78 is 5.08. The van der Waals surface area contributed by atoms with Crippen molar-refractivity contribution in [2.24, 2.45) is 0 Å². The maximum atomic E-state index is 12.8. The van der Waals surface area contributed by atoms with Crippen molar-refractivity contribution in [2.45, 2.75) is 64.6 Å². The van der Waals surface area contributed by atoms with Crippen LogP contribution in [0.2, 0.25) is 0 Å². The zero-order valence-electron chi connectivity index (χ0n) is 18.7. The van der Waals surface area contributed by atoms with Gasteiger partial charge in [0, 0.05) is 17.4 Å². The minimum Gasteiger partial charge on any atom is -0.334 e. The van der Waals surface area contributed by atoms with Gasteiger partial charge in [-0.2, -0.15) is 10.4 Å². The summed E-state index contributed by atoms with van der Waals surface area (Å²) in [7, 11) is 0. The van der Waals surface area contributed by atoms with Crippen LogP contribution in [0.3, 0.4) is 0 Å². The second kappa shape index (κ2) is 8.70. The average molecular weight is 454 g/mol. The van der Waals surface area contributed by atoms with Crippen molar-refractivity contribution in [2.75, 3.05) is 16.9 Å². The van der Waals surface area contributed by atoms with Crippen LogP contribution in [0.1, 0.15) is 59.9 Å². The van der Waals surface area contributed by atoms with E-state index in [1.54, 1.807) is 4.68 Å². The van der Waals surface area contributed by atoms with Crippen LogP contribution in [0.15, 0.2) is 11.2 Å². The topological polar surface area (TPSA) is 132 Å². The Bertz CT molecular complexity index is 1210. The fourth-order valence-corrected chi connectivity index (χ4v) is 5.00. The van der Waals surface area contributed by atoms with Crippen molar-refractivity contribution in [3.05, 3.63) is 34.3 Å². The van der Waals surface area contributed by atoms with E-state index in [0.29, 0.717) is 28.5 Å². The maximum Gasteiger partial charge on any atom is 0.271 e. The second-order valence-corrected chi connectivity index (χ2v) is 9.12. The van der Waals surface area contributed by atoms with Crippen LogP contribution >= 0.6 is 11.8 Å².